The van der Waals surface area contributed by atoms with Crippen LogP contribution in [0.2, 0.25) is 0 Å². The molecule has 46 heavy (non-hydrogen) atoms. The summed E-state index contributed by atoms with van der Waals surface area (Å²) in [5.74, 6) is -1.16. The summed E-state index contributed by atoms with van der Waals surface area (Å²) < 4.78 is 32.5. The summed E-state index contributed by atoms with van der Waals surface area (Å²) in [5.41, 5.74) is 4.23. The Balaban J connectivity index is 1.58. The van der Waals surface area contributed by atoms with Gasteiger partial charge in [-0.25, -0.2) is 13.1 Å². The summed E-state index contributed by atoms with van der Waals surface area (Å²) in [6, 6.07) is 25.3. The maximum atomic E-state index is 14.4. The van der Waals surface area contributed by atoms with Gasteiger partial charge in [-0.1, -0.05) is 48.5 Å². The van der Waals surface area contributed by atoms with Crippen molar-refractivity contribution in [3.05, 3.63) is 113 Å². The van der Waals surface area contributed by atoms with E-state index in [1.165, 1.54) is 0 Å². The molecule has 2 amide bonds. The number of hydrogen-bond donors (Lipinski definition) is 0. The number of rotatable bonds is 7. The first kappa shape index (κ1) is 30.7. The molecule has 0 radical (unpaired) electrons. The smallest absolute Gasteiger partial charge is 0.272 e. The van der Waals surface area contributed by atoms with Crippen LogP contribution in [0.4, 0.5) is 0 Å². The van der Waals surface area contributed by atoms with Gasteiger partial charge in [-0.15, -0.1) is 0 Å². The highest BCUT2D eigenvalue weighted by molar-refractivity contribution is 7.91. The van der Waals surface area contributed by atoms with Gasteiger partial charge in [-0.2, -0.15) is 10.4 Å². The number of nitriles is 1. The second-order valence-electron chi connectivity index (χ2n) is 11.7. The summed E-state index contributed by atoms with van der Waals surface area (Å²) in [6.45, 7) is 5.87. The maximum Gasteiger partial charge on any atom is 0.272 e. The fourth-order valence-electron chi connectivity index (χ4n) is 5.91. The van der Waals surface area contributed by atoms with Crippen molar-refractivity contribution in [2.75, 3.05) is 11.5 Å². The lowest BCUT2D eigenvalue weighted by atomic mass is 9.86. The predicted molar refractivity (Wildman–Crippen MR) is 175 cm³/mol. The van der Waals surface area contributed by atoms with Crippen LogP contribution in [0.3, 0.4) is 0 Å². The Kier molecular flexibility index (Phi) is 8.19. The number of amides is 2. The van der Waals surface area contributed by atoms with Crippen molar-refractivity contribution < 1.29 is 22.7 Å². The summed E-state index contributed by atoms with van der Waals surface area (Å²) >= 11 is 0. The normalized spacial score (nSPS) is 18.8. The Morgan fingerprint density at radius 1 is 0.978 bits per heavy atom. The highest BCUT2D eigenvalue weighted by Gasteiger charge is 2.45. The van der Waals surface area contributed by atoms with E-state index in [1.54, 1.807) is 47.3 Å². The van der Waals surface area contributed by atoms with E-state index in [0.717, 1.165) is 27.5 Å². The van der Waals surface area contributed by atoms with E-state index in [0.29, 0.717) is 16.8 Å². The average molecular weight is 633 g/mol. The number of nitrogens with zero attached hydrogens (tertiary/aromatic N) is 4. The molecule has 0 spiro atoms. The molecule has 0 N–H and O–H groups in total. The third kappa shape index (κ3) is 5.89. The largest absolute Gasteiger partial charge is 0.491 e. The molecule has 1 atom stereocenters. The summed E-state index contributed by atoms with van der Waals surface area (Å²) in [6.07, 6.45) is 3.57. The Labute approximate surface area is 268 Å². The Morgan fingerprint density at radius 3 is 2.28 bits per heavy atom. The molecule has 2 aliphatic heterocycles. The average Bonchev–Trinajstić information content (AvgIpc) is 3.62. The minimum absolute atomic E-state index is 0.00233. The standard InChI is InChI=1S/C36H32N4O5S/c1-23(2)45-32-15-14-26(18-24(32)3)34-27(21-39(38-34)28-12-8-5-9-13-28)19-30-33(25-10-6-4-7-11-25)31(20-37)36(42)40(35(30)41)29-16-17-46(43,44)22-29/h4-15,18-19,21,23,29H,16-17,22H2,1-3H3/b30-19-. The quantitative estimate of drug-likeness (QED) is 0.193. The van der Waals surface area contributed by atoms with E-state index in [4.69, 9.17) is 9.84 Å². The molecule has 0 saturated carbocycles. The lowest BCUT2D eigenvalue weighted by Gasteiger charge is -2.32. The fraction of sp³-hybridized carbons (Fsp3) is 0.222. The van der Waals surface area contributed by atoms with Gasteiger partial charge >= 0.3 is 0 Å². The van der Waals surface area contributed by atoms with E-state index in [1.807, 2.05) is 75.4 Å². The van der Waals surface area contributed by atoms with Crippen LogP contribution < -0.4 is 4.74 Å². The van der Waals surface area contributed by atoms with Crippen LogP contribution in [0, 0.1) is 18.3 Å². The lowest BCUT2D eigenvalue weighted by molar-refractivity contribution is -0.142. The Hall–Kier alpha value is -5.27. The van der Waals surface area contributed by atoms with Gasteiger partial charge < -0.3 is 4.74 Å². The van der Waals surface area contributed by atoms with Crippen LogP contribution in [0.1, 0.15) is 37.0 Å². The second-order valence-corrected chi connectivity index (χ2v) is 13.9. The predicted octanol–water partition coefficient (Wildman–Crippen LogP) is 5.55. The number of hydrogen-bond acceptors (Lipinski definition) is 7. The first-order valence-corrected chi connectivity index (χ1v) is 16.8. The fourth-order valence-corrected chi connectivity index (χ4v) is 7.61. The van der Waals surface area contributed by atoms with Gasteiger partial charge in [-0.3, -0.25) is 14.5 Å². The molecule has 4 aromatic rings. The molecule has 1 fully saturated rings. The maximum absolute atomic E-state index is 14.4. The van der Waals surface area contributed by atoms with E-state index >= 15 is 0 Å². The first-order valence-electron chi connectivity index (χ1n) is 15.0. The molecular weight excluding hydrogens is 600 g/mol. The van der Waals surface area contributed by atoms with Gasteiger partial charge in [-0.05, 0) is 74.7 Å². The number of benzene rings is 3. The monoisotopic (exact) mass is 632 g/mol. The van der Waals surface area contributed by atoms with Crippen molar-refractivity contribution in [2.24, 2.45) is 0 Å². The van der Waals surface area contributed by atoms with Crippen molar-refractivity contribution in [1.29, 1.82) is 5.26 Å². The van der Waals surface area contributed by atoms with Crippen LogP contribution in [0.15, 0.2) is 96.2 Å². The van der Waals surface area contributed by atoms with Crippen LogP contribution >= 0.6 is 0 Å². The minimum Gasteiger partial charge on any atom is -0.491 e. The molecule has 3 heterocycles. The van der Waals surface area contributed by atoms with E-state index in [9.17, 15) is 23.3 Å². The molecule has 1 unspecified atom stereocenters. The van der Waals surface area contributed by atoms with Crippen molar-refractivity contribution in [1.82, 2.24) is 14.7 Å². The van der Waals surface area contributed by atoms with E-state index in [2.05, 4.69) is 0 Å². The minimum atomic E-state index is -3.43. The van der Waals surface area contributed by atoms with E-state index < -0.39 is 27.7 Å². The molecule has 9 nitrogen and oxygen atoms in total. The zero-order chi connectivity index (χ0) is 32.6. The number of imide groups is 1. The lowest BCUT2D eigenvalue weighted by Crippen LogP contribution is -2.49. The number of carbonyl (C=O) groups excluding carboxylic acids is 2. The summed E-state index contributed by atoms with van der Waals surface area (Å²) in [5, 5.41) is 15.2. The topological polar surface area (TPSA) is 122 Å². The van der Waals surface area contributed by atoms with Crippen molar-refractivity contribution >= 4 is 33.3 Å². The zero-order valence-corrected chi connectivity index (χ0v) is 26.5. The van der Waals surface area contributed by atoms with Gasteiger partial charge in [0, 0.05) is 22.9 Å². The summed E-state index contributed by atoms with van der Waals surface area (Å²) in [4.78, 5) is 29.1. The molecule has 6 rings (SSSR count). The van der Waals surface area contributed by atoms with Crippen molar-refractivity contribution in [2.45, 2.75) is 39.3 Å². The highest BCUT2D eigenvalue weighted by atomic mass is 32.2. The van der Waals surface area contributed by atoms with Crippen LogP contribution in [0.25, 0.3) is 28.6 Å². The molecular formula is C36H32N4O5S. The van der Waals surface area contributed by atoms with Crippen LogP contribution in [-0.2, 0) is 19.4 Å². The van der Waals surface area contributed by atoms with E-state index in [-0.39, 0.29) is 40.7 Å². The van der Waals surface area contributed by atoms with Gasteiger partial charge in [0.25, 0.3) is 11.8 Å². The second kappa shape index (κ2) is 12.3. The zero-order valence-electron chi connectivity index (χ0n) is 25.7. The van der Waals surface area contributed by atoms with Crippen LogP contribution in [-0.4, -0.2) is 58.6 Å². The van der Waals surface area contributed by atoms with Crippen molar-refractivity contribution in [3.8, 4) is 28.8 Å². The molecule has 0 bridgehead atoms. The number of aryl methyl sites for hydroxylation is 1. The third-order valence-corrected chi connectivity index (χ3v) is 9.77. The molecule has 10 heteroatoms. The van der Waals surface area contributed by atoms with Crippen molar-refractivity contribution in [3.63, 3.8) is 0 Å². The number of para-hydroxylation sites is 1. The van der Waals surface area contributed by atoms with Gasteiger partial charge in [0.15, 0.2) is 9.84 Å². The first-order chi connectivity index (χ1) is 22.1. The molecule has 1 aromatic heterocycles. The highest BCUT2D eigenvalue weighted by Crippen LogP contribution is 2.38. The molecule has 1 saturated heterocycles. The Morgan fingerprint density at radius 2 is 1.67 bits per heavy atom. The molecule has 0 aliphatic carbocycles. The number of aromatic nitrogens is 2. The van der Waals surface area contributed by atoms with Gasteiger partial charge in [0.2, 0.25) is 0 Å². The molecule has 232 valence electrons. The summed E-state index contributed by atoms with van der Waals surface area (Å²) in [7, 11) is -3.43. The van der Waals surface area contributed by atoms with Gasteiger partial charge in [0.1, 0.15) is 17.4 Å². The molecule has 3 aromatic carbocycles. The number of carbonyl (C=O) groups is 2. The number of ether oxygens (including phenoxy) is 1. The van der Waals surface area contributed by atoms with Gasteiger partial charge in [0.05, 0.1) is 40.6 Å². The van der Waals surface area contributed by atoms with Crippen LogP contribution in [0.5, 0.6) is 5.75 Å². The third-order valence-electron chi connectivity index (χ3n) is 8.02. The Bertz CT molecular complexity index is 2060. The SMILES string of the molecule is Cc1cc(-c2nn(-c3ccccc3)cc2/C=C2\C(=O)N(C3CCS(=O)(=O)C3)C(=O)C(C#N)=C2c2ccccc2)ccc1OC(C)C. The molecule has 2 aliphatic rings. The number of sulfone groups is 1.